The highest BCUT2D eigenvalue weighted by atomic mass is 19.1. The Kier molecular flexibility index (Phi) is 4.87. The molecular weight excluding hydrogens is 480 g/mol. The van der Waals surface area contributed by atoms with Gasteiger partial charge in [0.2, 0.25) is 5.60 Å². The molecule has 4 aliphatic carbocycles. The summed E-state index contributed by atoms with van der Waals surface area (Å²) >= 11 is 0. The highest BCUT2D eigenvalue weighted by molar-refractivity contribution is 6.01. The third-order valence-corrected chi connectivity index (χ3v) is 11.0. The van der Waals surface area contributed by atoms with Crippen LogP contribution in [-0.2, 0) is 14.4 Å². The predicted molar refractivity (Wildman–Crippen MR) is 132 cm³/mol. The summed E-state index contributed by atoms with van der Waals surface area (Å²) in [7, 11) is 0. The molecule has 1 aromatic rings. The van der Waals surface area contributed by atoms with E-state index in [4.69, 9.17) is 4.84 Å². The van der Waals surface area contributed by atoms with Crippen LogP contribution in [0.2, 0.25) is 0 Å². The molecule has 0 unspecified atom stereocenters. The van der Waals surface area contributed by atoms with Gasteiger partial charge in [0.05, 0.1) is 18.3 Å². The number of anilines is 1. The number of aliphatic hydroxyl groups is 1. The number of halogens is 2. The first kappa shape index (κ1) is 24.7. The van der Waals surface area contributed by atoms with Crippen molar-refractivity contribution in [2.24, 2.45) is 28.1 Å². The molecule has 37 heavy (non-hydrogen) atoms. The molecule has 1 aromatic carbocycles. The number of alkyl halides is 2. The van der Waals surface area contributed by atoms with Crippen molar-refractivity contribution in [3.8, 4) is 0 Å². The third kappa shape index (κ3) is 2.66. The zero-order valence-electron chi connectivity index (χ0n) is 21.5. The lowest BCUT2D eigenvalue weighted by atomic mass is 9.40. The molecule has 6 rings (SSSR count). The molecule has 198 valence electrons. The number of nitrogens with zero attached hydrogens (tertiary/aromatic N) is 1. The van der Waals surface area contributed by atoms with E-state index in [1.165, 1.54) is 12.2 Å². The molecular formula is C29H33F2NO5. The topological polar surface area (TPSA) is 87.1 Å². The monoisotopic (exact) mass is 513 g/mol. The number of hydrogen-bond acceptors (Lipinski definition) is 5. The van der Waals surface area contributed by atoms with Crippen LogP contribution in [-0.4, -0.2) is 52.1 Å². The fourth-order valence-electron chi connectivity index (χ4n) is 9.00. The van der Waals surface area contributed by atoms with E-state index >= 15 is 8.78 Å². The van der Waals surface area contributed by atoms with E-state index < -0.39 is 63.4 Å². The van der Waals surface area contributed by atoms with Gasteiger partial charge in [-0.2, -0.15) is 0 Å². The molecule has 4 fully saturated rings. The molecule has 0 aromatic heterocycles. The maximum Gasteiger partial charge on any atom is 0.339 e. The molecule has 2 N–H and O–H groups in total. The Balaban J connectivity index is 1.48. The summed E-state index contributed by atoms with van der Waals surface area (Å²) in [4.78, 5) is 31.6. The summed E-state index contributed by atoms with van der Waals surface area (Å²) in [6, 6.07) is 7.59. The first-order chi connectivity index (χ1) is 17.2. The number of benzene rings is 1. The van der Waals surface area contributed by atoms with Crippen molar-refractivity contribution in [1.82, 2.24) is 0 Å². The standard InChI is InChI=1S/C29H33F2NO5/c1-16-6-5-7-18(10-16)32-15-17-13-26(3)22-12-21(30)20-11-19(33)8-9-25(20,2)28(22,31)23(34)14-27(26,4)29(17,37-32)24(35)36/h5-11,17,21-23,34H,12-15H2,1-4H3,(H,35,36)/t17-,21-,22-,23-,25-,26-,27-,28-,29-/m0/s1. The van der Waals surface area contributed by atoms with Crippen LogP contribution in [0.5, 0.6) is 0 Å². The number of allylic oxidation sites excluding steroid dienone is 4. The molecule has 0 amide bonds. The third-order valence-electron chi connectivity index (χ3n) is 11.0. The van der Waals surface area contributed by atoms with Gasteiger partial charge in [-0.25, -0.2) is 13.6 Å². The Hall–Kier alpha value is -2.58. The minimum atomic E-state index is -2.28. The van der Waals surface area contributed by atoms with E-state index in [0.717, 1.165) is 17.3 Å². The van der Waals surface area contributed by atoms with Crippen molar-refractivity contribution in [3.05, 3.63) is 53.6 Å². The lowest BCUT2D eigenvalue weighted by Gasteiger charge is -2.66. The van der Waals surface area contributed by atoms with Gasteiger partial charge in [0.15, 0.2) is 11.5 Å². The van der Waals surface area contributed by atoms with Crippen molar-refractivity contribution in [2.45, 2.75) is 70.5 Å². The first-order valence-corrected chi connectivity index (χ1v) is 13.0. The number of hydroxylamine groups is 1. The number of aliphatic carboxylic acids is 1. The Labute approximate surface area is 214 Å². The second kappa shape index (κ2) is 7.29. The zero-order chi connectivity index (χ0) is 26.8. The number of fused-ring (bicyclic) bond motifs is 7. The lowest BCUT2D eigenvalue weighted by Crippen LogP contribution is -2.73. The number of rotatable bonds is 2. The molecule has 1 saturated heterocycles. The smallest absolute Gasteiger partial charge is 0.339 e. The molecule has 5 aliphatic rings. The zero-order valence-corrected chi connectivity index (χ0v) is 21.5. The van der Waals surface area contributed by atoms with Gasteiger partial charge in [-0.05, 0) is 73.9 Å². The van der Waals surface area contributed by atoms with Crippen LogP contribution in [0.4, 0.5) is 14.5 Å². The number of aryl methyl sites for hydroxylation is 1. The van der Waals surface area contributed by atoms with Crippen LogP contribution < -0.4 is 5.06 Å². The Morgan fingerprint density at radius 3 is 2.62 bits per heavy atom. The normalized spacial score (nSPS) is 48.1. The molecule has 0 bridgehead atoms. The Bertz CT molecular complexity index is 1280. The summed E-state index contributed by atoms with van der Waals surface area (Å²) in [5, 5.41) is 23.9. The van der Waals surface area contributed by atoms with Gasteiger partial charge >= 0.3 is 5.97 Å². The molecule has 3 saturated carbocycles. The molecule has 1 aliphatic heterocycles. The van der Waals surface area contributed by atoms with Gasteiger partial charge in [-0.15, -0.1) is 0 Å². The Morgan fingerprint density at radius 2 is 1.95 bits per heavy atom. The van der Waals surface area contributed by atoms with Gasteiger partial charge in [-0.3, -0.25) is 14.7 Å². The number of ketones is 1. The number of aliphatic hydroxyl groups excluding tert-OH is 1. The van der Waals surface area contributed by atoms with Gasteiger partial charge < -0.3 is 10.2 Å². The molecule has 6 nitrogen and oxygen atoms in total. The summed E-state index contributed by atoms with van der Waals surface area (Å²) in [5.41, 5.74) is -5.90. The summed E-state index contributed by atoms with van der Waals surface area (Å²) in [6.45, 7) is 7.40. The summed E-state index contributed by atoms with van der Waals surface area (Å²) < 4.78 is 33.3. The van der Waals surface area contributed by atoms with Crippen molar-refractivity contribution in [2.75, 3.05) is 11.6 Å². The number of carbonyl (C=O) groups excluding carboxylic acids is 1. The summed E-state index contributed by atoms with van der Waals surface area (Å²) in [6.07, 6.45) is 0.563. The fraction of sp³-hybridized carbons (Fsp3) is 0.586. The van der Waals surface area contributed by atoms with E-state index in [0.29, 0.717) is 13.0 Å². The van der Waals surface area contributed by atoms with E-state index in [1.54, 1.807) is 18.9 Å². The second-order valence-electron chi connectivity index (χ2n) is 12.5. The second-order valence-corrected chi connectivity index (χ2v) is 12.5. The number of carboxylic acids is 1. The SMILES string of the molecule is Cc1cccc(N2C[C@@H]3C[C@@]4(C)[C@@H]5C[C@H](F)C6=CC(=O)C=C[C@]6(C)[C@@]5(F)[C@@H](O)C[C@]4(C)[C@]3(C(=O)O)O2)c1. The molecule has 8 heteroatoms. The van der Waals surface area contributed by atoms with E-state index in [9.17, 15) is 19.8 Å². The minimum absolute atomic E-state index is 0.0537. The van der Waals surface area contributed by atoms with Crippen LogP contribution in [0.25, 0.3) is 0 Å². The van der Waals surface area contributed by atoms with Gasteiger partial charge in [0.25, 0.3) is 0 Å². The largest absolute Gasteiger partial charge is 0.479 e. The van der Waals surface area contributed by atoms with Gasteiger partial charge in [-0.1, -0.05) is 32.1 Å². The van der Waals surface area contributed by atoms with Crippen molar-refractivity contribution in [3.63, 3.8) is 0 Å². The van der Waals surface area contributed by atoms with Crippen molar-refractivity contribution < 1.29 is 33.4 Å². The van der Waals surface area contributed by atoms with E-state index in [-0.39, 0.29) is 18.4 Å². The summed E-state index contributed by atoms with van der Waals surface area (Å²) in [5.74, 6) is -3.04. The van der Waals surface area contributed by atoms with Crippen LogP contribution in [0.3, 0.4) is 0 Å². The number of carboxylic acid groups (broad SMARTS) is 1. The number of hydrogen-bond donors (Lipinski definition) is 2. The van der Waals surface area contributed by atoms with Crippen LogP contribution in [0, 0.1) is 35.0 Å². The van der Waals surface area contributed by atoms with Crippen LogP contribution in [0.1, 0.15) is 45.6 Å². The quantitative estimate of drug-likeness (QED) is 0.606. The molecule has 1 heterocycles. The van der Waals surface area contributed by atoms with Gasteiger partial charge in [0.1, 0.15) is 6.17 Å². The van der Waals surface area contributed by atoms with E-state index in [2.05, 4.69) is 0 Å². The Morgan fingerprint density at radius 1 is 1.22 bits per heavy atom. The van der Waals surface area contributed by atoms with Crippen LogP contribution >= 0.6 is 0 Å². The maximum atomic E-state index is 17.6. The molecule has 0 radical (unpaired) electrons. The first-order valence-electron chi connectivity index (χ1n) is 13.0. The highest BCUT2D eigenvalue weighted by Crippen LogP contribution is 2.77. The average molecular weight is 514 g/mol. The lowest BCUT2D eigenvalue weighted by molar-refractivity contribution is -0.259. The van der Waals surface area contributed by atoms with Crippen molar-refractivity contribution in [1.29, 1.82) is 0 Å². The van der Waals surface area contributed by atoms with E-state index in [1.807, 2.05) is 38.1 Å². The predicted octanol–water partition coefficient (Wildman–Crippen LogP) is 4.51. The van der Waals surface area contributed by atoms with Crippen molar-refractivity contribution >= 4 is 17.4 Å². The molecule has 9 atom stereocenters. The molecule has 0 spiro atoms. The number of carbonyl (C=O) groups is 2. The fourth-order valence-corrected chi connectivity index (χ4v) is 9.00. The van der Waals surface area contributed by atoms with Crippen LogP contribution in [0.15, 0.2) is 48.1 Å². The van der Waals surface area contributed by atoms with Gasteiger partial charge in [0, 0.05) is 22.7 Å². The average Bonchev–Trinajstić information content (AvgIpc) is 3.29. The highest BCUT2D eigenvalue weighted by Gasteiger charge is 2.84. The minimum Gasteiger partial charge on any atom is -0.479 e. The maximum absolute atomic E-state index is 17.6.